The molecule has 0 bridgehead atoms. The zero-order chi connectivity index (χ0) is 25.2. The zero-order valence-corrected chi connectivity index (χ0v) is 22.1. The SMILES string of the molecule is COCN(c1ccsc1C(=O)Nc1c(C)cc(C)c(N2CCCC2)c1C)S(=O)(=O)c1ccccc1. The number of anilines is 3. The maximum absolute atomic E-state index is 13.5. The second kappa shape index (κ2) is 10.4. The number of benzene rings is 2. The second-order valence-electron chi connectivity index (χ2n) is 8.73. The minimum atomic E-state index is -3.93. The number of carbonyl (C=O) groups excluding carboxylic acids is 1. The van der Waals surface area contributed by atoms with E-state index in [-0.39, 0.29) is 17.5 Å². The van der Waals surface area contributed by atoms with Crippen molar-refractivity contribution in [3.63, 3.8) is 0 Å². The molecule has 2 heterocycles. The molecule has 0 spiro atoms. The third kappa shape index (κ3) is 4.94. The molecule has 1 aliphatic heterocycles. The van der Waals surface area contributed by atoms with Gasteiger partial charge < -0.3 is 15.0 Å². The van der Waals surface area contributed by atoms with Gasteiger partial charge >= 0.3 is 0 Å². The van der Waals surface area contributed by atoms with Crippen molar-refractivity contribution < 1.29 is 17.9 Å². The molecule has 4 rings (SSSR count). The summed E-state index contributed by atoms with van der Waals surface area (Å²) in [5.41, 5.74) is 5.42. The van der Waals surface area contributed by atoms with Gasteiger partial charge in [-0.1, -0.05) is 24.3 Å². The summed E-state index contributed by atoms with van der Waals surface area (Å²) in [5, 5.41) is 4.80. The molecule has 2 aromatic carbocycles. The van der Waals surface area contributed by atoms with Gasteiger partial charge in [0.2, 0.25) is 0 Å². The molecule has 9 heteroatoms. The molecule has 0 saturated carbocycles. The lowest BCUT2D eigenvalue weighted by atomic mass is 10.0. The Hall–Kier alpha value is -2.88. The molecule has 186 valence electrons. The number of hydrogen-bond acceptors (Lipinski definition) is 6. The second-order valence-corrected chi connectivity index (χ2v) is 11.5. The molecule has 1 saturated heterocycles. The average Bonchev–Trinajstić information content (AvgIpc) is 3.53. The van der Waals surface area contributed by atoms with Crippen LogP contribution in [0.2, 0.25) is 0 Å². The fourth-order valence-electron chi connectivity index (χ4n) is 4.74. The van der Waals surface area contributed by atoms with Crippen molar-refractivity contribution in [3.8, 4) is 0 Å². The number of rotatable bonds is 8. The molecule has 0 aliphatic carbocycles. The summed E-state index contributed by atoms with van der Waals surface area (Å²) >= 11 is 1.20. The van der Waals surface area contributed by atoms with Crippen molar-refractivity contribution >= 4 is 44.3 Å². The van der Waals surface area contributed by atoms with E-state index in [9.17, 15) is 13.2 Å². The summed E-state index contributed by atoms with van der Waals surface area (Å²) in [6.07, 6.45) is 2.33. The quantitative estimate of drug-likeness (QED) is 0.412. The molecule has 1 fully saturated rings. The maximum Gasteiger partial charge on any atom is 0.267 e. The fraction of sp³-hybridized carbons (Fsp3) is 0.346. The van der Waals surface area contributed by atoms with E-state index in [2.05, 4.69) is 23.2 Å². The Labute approximate surface area is 211 Å². The Morgan fingerprint density at radius 3 is 2.43 bits per heavy atom. The predicted octanol–water partition coefficient (Wildman–Crippen LogP) is 5.33. The van der Waals surface area contributed by atoms with Crippen LogP contribution >= 0.6 is 11.3 Å². The smallest absolute Gasteiger partial charge is 0.267 e. The van der Waals surface area contributed by atoms with Crippen molar-refractivity contribution in [2.75, 3.05) is 41.5 Å². The lowest BCUT2D eigenvalue weighted by Crippen LogP contribution is -2.34. The average molecular weight is 514 g/mol. The summed E-state index contributed by atoms with van der Waals surface area (Å²) in [6, 6.07) is 11.9. The minimum Gasteiger partial charge on any atom is -0.371 e. The van der Waals surface area contributed by atoms with Crippen molar-refractivity contribution in [3.05, 3.63) is 69.4 Å². The zero-order valence-electron chi connectivity index (χ0n) is 20.5. The number of aryl methyl sites for hydroxylation is 2. The molecule has 1 aromatic heterocycles. The van der Waals surface area contributed by atoms with Crippen molar-refractivity contribution in [1.29, 1.82) is 0 Å². The number of methoxy groups -OCH3 is 1. The molecule has 1 aliphatic rings. The summed E-state index contributed by atoms with van der Waals surface area (Å²) < 4.78 is 33.2. The van der Waals surface area contributed by atoms with Crippen molar-refractivity contribution in [2.45, 2.75) is 38.5 Å². The molecular weight excluding hydrogens is 482 g/mol. The lowest BCUT2D eigenvalue weighted by molar-refractivity contribution is 0.103. The van der Waals surface area contributed by atoms with Crippen LogP contribution in [0.5, 0.6) is 0 Å². The standard InChI is InChI=1S/C26H31N3O4S2/c1-18-16-19(2)24(28-13-8-9-14-28)20(3)23(18)27-26(30)25-22(12-15-34-25)29(17-33-4)35(31,32)21-10-6-5-7-11-21/h5-7,10-12,15-16H,8-9,13-14,17H2,1-4H3,(H,27,30). The van der Waals surface area contributed by atoms with Crippen LogP contribution in [0, 0.1) is 20.8 Å². The first-order valence-corrected chi connectivity index (χ1v) is 13.9. The Morgan fingerprint density at radius 2 is 1.77 bits per heavy atom. The van der Waals surface area contributed by atoms with Gasteiger partial charge in [0.25, 0.3) is 15.9 Å². The number of nitrogens with zero attached hydrogens (tertiary/aromatic N) is 2. The third-order valence-corrected chi connectivity index (χ3v) is 8.94. The van der Waals surface area contributed by atoms with Gasteiger partial charge in [-0.3, -0.25) is 4.79 Å². The number of amides is 1. The van der Waals surface area contributed by atoms with Gasteiger partial charge in [-0.2, -0.15) is 0 Å². The topological polar surface area (TPSA) is 79.0 Å². The molecule has 1 amide bonds. The van der Waals surface area contributed by atoms with Crippen molar-refractivity contribution in [2.24, 2.45) is 0 Å². The Bertz CT molecular complexity index is 1310. The van der Waals surface area contributed by atoms with E-state index in [4.69, 9.17) is 4.74 Å². The van der Waals surface area contributed by atoms with Crippen LogP contribution in [0.25, 0.3) is 0 Å². The first-order chi connectivity index (χ1) is 16.8. The number of thiophene rings is 1. The third-order valence-electron chi connectivity index (χ3n) is 6.29. The molecule has 3 aromatic rings. The molecule has 1 N–H and O–H groups in total. The summed E-state index contributed by atoms with van der Waals surface area (Å²) in [4.78, 5) is 16.3. The molecule has 7 nitrogen and oxygen atoms in total. The van der Waals surface area contributed by atoms with Gasteiger partial charge in [0.05, 0.1) is 10.6 Å². The van der Waals surface area contributed by atoms with Gasteiger partial charge in [-0.15, -0.1) is 11.3 Å². The van der Waals surface area contributed by atoms with Gasteiger partial charge in [-0.25, -0.2) is 12.7 Å². The molecular formula is C26H31N3O4S2. The number of sulfonamides is 1. The highest BCUT2D eigenvalue weighted by Crippen LogP contribution is 2.37. The highest BCUT2D eigenvalue weighted by Gasteiger charge is 2.30. The van der Waals surface area contributed by atoms with E-state index < -0.39 is 10.0 Å². The maximum atomic E-state index is 13.5. The molecule has 0 unspecified atom stereocenters. The number of ether oxygens (including phenoxy) is 1. The van der Waals surface area contributed by atoms with Crippen LogP contribution < -0.4 is 14.5 Å². The Kier molecular flexibility index (Phi) is 7.49. The highest BCUT2D eigenvalue weighted by atomic mass is 32.2. The molecule has 35 heavy (non-hydrogen) atoms. The minimum absolute atomic E-state index is 0.134. The number of carbonyl (C=O) groups is 1. The number of nitrogens with one attached hydrogen (secondary N) is 1. The van der Waals surface area contributed by atoms with Crippen molar-refractivity contribution in [1.82, 2.24) is 0 Å². The first kappa shape index (κ1) is 25.2. The number of hydrogen-bond donors (Lipinski definition) is 1. The molecule has 0 atom stereocenters. The summed E-state index contributed by atoms with van der Waals surface area (Å²) in [6.45, 7) is 7.93. The monoisotopic (exact) mass is 513 g/mol. The predicted molar refractivity (Wildman–Crippen MR) is 142 cm³/mol. The van der Waals surface area contributed by atoms with E-state index in [1.165, 1.54) is 41.8 Å². The van der Waals surface area contributed by atoms with Crippen LogP contribution in [0.1, 0.15) is 39.2 Å². The van der Waals surface area contributed by atoms with Crippen LogP contribution in [0.15, 0.2) is 52.7 Å². The van der Waals surface area contributed by atoms with E-state index in [1.54, 1.807) is 29.6 Å². The van der Waals surface area contributed by atoms with Crippen LogP contribution in [0.4, 0.5) is 17.1 Å². The Morgan fingerprint density at radius 1 is 1.09 bits per heavy atom. The van der Waals surface area contributed by atoms with Gasteiger partial charge in [-0.05, 0) is 73.9 Å². The first-order valence-electron chi connectivity index (χ1n) is 11.6. The Balaban J connectivity index is 1.69. The van der Waals surface area contributed by atoms with Gasteiger partial charge in [0.15, 0.2) is 0 Å². The lowest BCUT2D eigenvalue weighted by Gasteiger charge is -2.26. The summed E-state index contributed by atoms with van der Waals surface area (Å²) in [7, 11) is -2.50. The van der Waals surface area contributed by atoms with Gasteiger partial charge in [0.1, 0.15) is 11.6 Å². The summed E-state index contributed by atoms with van der Waals surface area (Å²) in [5.74, 6) is -0.346. The largest absolute Gasteiger partial charge is 0.371 e. The molecule has 0 radical (unpaired) electrons. The fourth-order valence-corrected chi connectivity index (χ4v) is 7.00. The normalized spacial score (nSPS) is 13.8. The van der Waals surface area contributed by atoms with Gasteiger partial charge in [0, 0.05) is 31.6 Å². The van der Waals surface area contributed by atoms with Crippen LogP contribution in [0.3, 0.4) is 0 Å². The van der Waals surface area contributed by atoms with E-state index >= 15 is 0 Å². The van der Waals surface area contributed by atoms with Crippen LogP contribution in [-0.2, 0) is 14.8 Å². The highest BCUT2D eigenvalue weighted by molar-refractivity contribution is 7.92. The van der Waals surface area contributed by atoms with E-state index in [0.717, 1.165) is 47.1 Å². The van der Waals surface area contributed by atoms with Crippen LogP contribution in [-0.4, -0.2) is 41.3 Å². The van der Waals surface area contributed by atoms with E-state index in [1.807, 2.05) is 13.8 Å². The van der Waals surface area contributed by atoms with E-state index in [0.29, 0.717) is 10.6 Å².